The number of aromatic nitrogens is 2. The van der Waals surface area contributed by atoms with E-state index in [-0.39, 0.29) is 6.10 Å². The van der Waals surface area contributed by atoms with Gasteiger partial charge < -0.3 is 20.3 Å². The number of fused-ring (bicyclic) bond motifs is 1. The number of benzene rings is 3. The predicted molar refractivity (Wildman–Crippen MR) is 208 cm³/mol. The second kappa shape index (κ2) is 15.3. The number of nitrogens with zero attached hydrogens (tertiary/aromatic N) is 4. The average Bonchev–Trinajstić information content (AvgIpc) is 3.78. The van der Waals surface area contributed by atoms with E-state index in [1.165, 1.54) is 5.56 Å². The van der Waals surface area contributed by atoms with Crippen molar-refractivity contribution in [2.45, 2.75) is 65.3 Å². The fraction of sp³-hybridized carbons (Fsp3) is 0.326. The highest BCUT2D eigenvalue weighted by molar-refractivity contribution is 5.91. The molecule has 0 unspecified atom stereocenters. The van der Waals surface area contributed by atoms with Crippen molar-refractivity contribution in [3.63, 3.8) is 0 Å². The van der Waals surface area contributed by atoms with Gasteiger partial charge >= 0.3 is 5.97 Å². The number of likely N-dealkylation sites (tertiary alicyclic amines) is 2. The van der Waals surface area contributed by atoms with Gasteiger partial charge in [-0.2, -0.15) is 0 Å². The van der Waals surface area contributed by atoms with E-state index < -0.39 is 12.0 Å². The number of methoxy groups -OCH3 is 1. The maximum Gasteiger partial charge on any atom is 0.320 e. The fourth-order valence-corrected chi connectivity index (χ4v) is 7.76. The highest BCUT2D eigenvalue weighted by atomic mass is 16.5. The Balaban J connectivity index is 1.11. The number of hydrogen-bond acceptors (Lipinski definition) is 8. The Morgan fingerprint density at radius 2 is 1.73 bits per heavy atom. The van der Waals surface area contributed by atoms with Crippen LogP contribution in [0.4, 0.5) is 11.5 Å². The van der Waals surface area contributed by atoms with E-state index in [0.717, 1.165) is 99.3 Å². The van der Waals surface area contributed by atoms with Crippen molar-refractivity contribution in [1.82, 2.24) is 19.8 Å². The lowest BCUT2D eigenvalue weighted by Gasteiger charge is -2.23. The molecule has 0 spiro atoms. The monoisotopic (exact) mass is 697 g/mol. The second-order valence-electron chi connectivity index (χ2n) is 14.2. The standard InChI is InChI=1S/C43H47N5O4/c1-27-20-34(25-48-18-7-12-39(48)43(50)51)40(52-4)22-32(27)14-13-31-8-5-9-36(28(31)2)37-10-6-11-38(29(37)3)46-42-41-33(15-17-44-42)21-30(23-45-41)24-47-19-16-35(49)26-47/h5-6,8-11,13-15,17,20-23,35,39,49H,7,12,16,18-19,24-26H2,1-4H3,(H,44,46)(H,50,51)/b14-13+/t35-,39+/m1/s1. The highest BCUT2D eigenvalue weighted by Gasteiger charge is 2.31. The smallest absolute Gasteiger partial charge is 0.320 e. The summed E-state index contributed by atoms with van der Waals surface area (Å²) in [4.78, 5) is 25.5. The first-order valence-electron chi connectivity index (χ1n) is 18.1. The summed E-state index contributed by atoms with van der Waals surface area (Å²) in [6, 6.07) is 20.6. The van der Waals surface area contributed by atoms with Crippen LogP contribution in [0.1, 0.15) is 58.2 Å². The molecule has 0 radical (unpaired) electrons. The molecule has 3 N–H and O–H groups in total. The van der Waals surface area contributed by atoms with Crippen LogP contribution in [0.3, 0.4) is 0 Å². The maximum absolute atomic E-state index is 11.8. The SMILES string of the molecule is COc1cc(/C=C/c2cccc(-c3cccc(Nc4nccc5cc(CN6CC[C@@H](O)C6)cnc45)c3C)c2C)c(C)cc1CN1CCC[C@H]1C(=O)O. The lowest BCUT2D eigenvalue weighted by molar-refractivity contribution is -0.142. The molecule has 0 bridgehead atoms. The zero-order valence-corrected chi connectivity index (χ0v) is 30.4. The Labute approximate surface area is 305 Å². The number of carboxylic acid groups (broad SMARTS) is 1. The number of aliphatic hydroxyl groups is 1. The van der Waals surface area contributed by atoms with Crippen molar-refractivity contribution >= 4 is 40.5 Å². The molecule has 3 aromatic carbocycles. The first kappa shape index (κ1) is 35.3. The number of aliphatic carboxylic acids is 1. The Morgan fingerprint density at radius 3 is 2.50 bits per heavy atom. The summed E-state index contributed by atoms with van der Waals surface area (Å²) in [6.07, 6.45) is 10.2. The number of nitrogens with one attached hydrogen (secondary N) is 1. The number of aliphatic hydroxyl groups excluding tert-OH is 1. The van der Waals surface area contributed by atoms with Gasteiger partial charge in [-0.15, -0.1) is 0 Å². The minimum atomic E-state index is -0.756. The van der Waals surface area contributed by atoms with Gasteiger partial charge in [0.25, 0.3) is 0 Å². The van der Waals surface area contributed by atoms with E-state index in [1.54, 1.807) is 7.11 Å². The third-order valence-corrected chi connectivity index (χ3v) is 10.7. The molecule has 2 saturated heterocycles. The maximum atomic E-state index is 11.8. The van der Waals surface area contributed by atoms with Crippen molar-refractivity contribution in [3.05, 3.63) is 112 Å². The van der Waals surface area contributed by atoms with Crippen molar-refractivity contribution < 1.29 is 19.7 Å². The van der Waals surface area contributed by atoms with Crippen LogP contribution in [0.15, 0.2) is 73.1 Å². The van der Waals surface area contributed by atoms with Crippen LogP contribution in [0.25, 0.3) is 34.2 Å². The molecular weight excluding hydrogens is 651 g/mol. The van der Waals surface area contributed by atoms with E-state index in [2.05, 4.69) is 103 Å². The highest BCUT2D eigenvalue weighted by Crippen LogP contribution is 2.35. The first-order valence-corrected chi connectivity index (χ1v) is 18.1. The van der Waals surface area contributed by atoms with E-state index in [0.29, 0.717) is 25.3 Å². The Kier molecular flexibility index (Phi) is 10.4. The summed E-state index contributed by atoms with van der Waals surface area (Å²) in [5, 5.41) is 24.2. The molecule has 2 fully saturated rings. The lowest BCUT2D eigenvalue weighted by atomic mass is 9.92. The molecule has 2 aliphatic rings. The van der Waals surface area contributed by atoms with Crippen LogP contribution in [-0.2, 0) is 17.9 Å². The van der Waals surface area contributed by atoms with Crippen LogP contribution in [-0.4, -0.2) is 74.8 Å². The van der Waals surface area contributed by atoms with Crippen LogP contribution in [0.2, 0.25) is 0 Å². The quantitative estimate of drug-likeness (QED) is 0.119. The topological polar surface area (TPSA) is 111 Å². The minimum Gasteiger partial charge on any atom is -0.496 e. The minimum absolute atomic E-state index is 0.240. The van der Waals surface area contributed by atoms with Crippen LogP contribution < -0.4 is 10.1 Å². The van der Waals surface area contributed by atoms with Gasteiger partial charge in [-0.05, 0) is 115 Å². The predicted octanol–water partition coefficient (Wildman–Crippen LogP) is 7.76. The van der Waals surface area contributed by atoms with Gasteiger partial charge in [0, 0.05) is 55.2 Å². The summed E-state index contributed by atoms with van der Waals surface area (Å²) in [5.41, 5.74) is 11.8. The zero-order valence-electron chi connectivity index (χ0n) is 30.4. The van der Waals surface area contributed by atoms with Gasteiger partial charge in [-0.1, -0.05) is 48.6 Å². The number of pyridine rings is 2. The molecule has 4 heterocycles. The van der Waals surface area contributed by atoms with E-state index >= 15 is 0 Å². The van der Waals surface area contributed by atoms with Crippen LogP contribution in [0, 0.1) is 20.8 Å². The largest absolute Gasteiger partial charge is 0.496 e. The van der Waals surface area contributed by atoms with Gasteiger partial charge in [-0.3, -0.25) is 19.6 Å². The fourth-order valence-electron chi connectivity index (χ4n) is 7.76. The number of hydrogen-bond donors (Lipinski definition) is 3. The summed E-state index contributed by atoms with van der Waals surface area (Å²) in [5.74, 6) is 0.729. The average molecular weight is 698 g/mol. The molecule has 0 aliphatic carbocycles. The number of β-amino-alcohol motifs (C(OH)–C–C–N with tert-alkyl or cyclic N) is 1. The van der Waals surface area contributed by atoms with Crippen molar-refractivity contribution in [1.29, 1.82) is 0 Å². The third kappa shape index (κ3) is 7.44. The van der Waals surface area contributed by atoms with E-state index in [4.69, 9.17) is 9.72 Å². The molecule has 52 heavy (non-hydrogen) atoms. The molecule has 2 aromatic heterocycles. The number of carbonyl (C=O) groups is 1. The first-order chi connectivity index (χ1) is 25.2. The molecule has 9 nitrogen and oxygen atoms in total. The van der Waals surface area contributed by atoms with Crippen molar-refractivity contribution in [2.75, 3.05) is 32.1 Å². The second-order valence-corrected chi connectivity index (χ2v) is 14.2. The third-order valence-electron chi connectivity index (χ3n) is 10.7. The number of carboxylic acids is 1. The summed E-state index contributed by atoms with van der Waals surface area (Å²) < 4.78 is 5.79. The van der Waals surface area contributed by atoms with Gasteiger partial charge in [0.15, 0.2) is 5.82 Å². The van der Waals surface area contributed by atoms with Gasteiger partial charge in [0.2, 0.25) is 0 Å². The molecule has 0 amide bonds. The van der Waals surface area contributed by atoms with E-state index in [1.807, 2.05) is 23.4 Å². The van der Waals surface area contributed by atoms with Crippen LogP contribution >= 0.6 is 0 Å². The number of ether oxygens (including phenoxy) is 1. The molecular formula is C43H47N5O4. The molecule has 2 atom stereocenters. The van der Waals surface area contributed by atoms with Crippen LogP contribution in [0.5, 0.6) is 5.75 Å². The normalized spacial score (nSPS) is 18.1. The van der Waals surface area contributed by atoms with E-state index in [9.17, 15) is 15.0 Å². The summed E-state index contributed by atoms with van der Waals surface area (Å²) >= 11 is 0. The Hall–Kier alpha value is -5.09. The molecule has 2 aliphatic heterocycles. The molecule has 268 valence electrons. The summed E-state index contributed by atoms with van der Waals surface area (Å²) in [6.45, 7) is 10.1. The summed E-state index contributed by atoms with van der Waals surface area (Å²) in [7, 11) is 1.67. The Morgan fingerprint density at radius 1 is 0.942 bits per heavy atom. The molecule has 5 aromatic rings. The molecule has 7 rings (SSSR count). The van der Waals surface area contributed by atoms with Crippen molar-refractivity contribution in [2.24, 2.45) is 0 Å². The molecule has 0 saturated carbocycles. The number of anilines is 2. The number of aryl methyl sites for hydroxylation is 1. The van der Waals surface area contributed by atoms with Crippen molar-refractivity contribution in [3.8, 4) is 16.9 Å². The van der Waals surface area contributed by atoms with Gasteiger partial charge in [0.05, 0.1) is 13.2 Å². The zero-order chi connectivity index (χ0) is 36.4. The van der Waals surface area contributed by atoms with Gasteiger partial charge in [0.1, 0.15) is 17.3 Å². The van der Waals surface area contributed by atoms with Gasteiger partial charge in [-0.25, -0.2) is 4.98 Å². The Bertz CT molecular complexity index is 2150. The number of rotatable bonds is 11. The lowest BCUT2D eigenvalue weighted by Crippen LogP contribution is -2.35. The molecule has 9 heteroatoms.